The van der Waals surface area contributed by atoms with Crippen molar-refractivity contribution >= 4 is 23.7 Å². The van der Waals surface area contributed by atoms with Gasteiger partial charge in [-0.25, -0.2) is 4.79 Å². The van der Waals surface area contributed by atoms with E-state index in [-0.39, 0.29) is 31.1 Å². The van der Waals surface area contributed by atoms with E-state index >= 15 is 0 Å². The van der Waals surface area contributed by atoms with Gasteiger partial charge in [-0.3, -0.25) is 14.4 Å². The second-order valence-corrected chi connectivity index (χ2v) is 11.1. The number of amides is 3. The first kappa shape index (κ1) is 32.1. The molecule has 1 aliphatic heterocycles. The summed E-state index contributed by atoms with van der Waals surface area (Å²) in [6.07, 6.45) is -0.638. The van der Waals surface area contributed by atoms with Crippen molar-refractivity contribution in [2.24, 2.45) is 5.92 Å². The van der Waals surface area contributed by atoms with Gasteiger partial charge in [0.2, 0.25) is 11.8 Å². The standard InChI is InChI=1S/C27H39F2N3O7/c1-16(2)12-19(31-23(35)20(14-37-24(28)29)32-25(36)39-26(3,4)5)22(34)30-18(21(33)27(6)15-38-27)13-17-10-8-7-9-11-17/h7-11,16,18-20,24H,12-15H2,1-6H3,(H,30,34)(H,31,35)(H,32,36)/t18-,19-,20-,27+/m0/s1. The highest BCUT2D eigenvalue weighted by Crippen LogP contribution is 2.29. The third-order valence-electron chi connectivity index (χ3n) is 5.75. The van der Waals surface area contributed by atoms with Gasteiger partial charge in [-0.15, -0.1) is 0 Å². The Kier molecular flexibility index (Phi) is 11.3. The van der Waals surface area contributed by atoms with E-state index in [0.717, 1.165) is 5.56 Å². The second-order valence-electron chi connectivity index (χ2n) is 11.1. The van der Waals surface area contributed by atoms with E-state index in [0.29, 0.717) is 0 Å². The molecule has 218 valence electrons. The van der Waals surface area contributed by atoms with Crippen molar-refractivity contribution < 1.29 is 42.2 Å². The molecule has 0 spiro atoms. The van der Waals surface area contributed by atoms with Crippen LogP contribution >= 0.6 is 0 Å². The molecule has 0 bridgehead atoms. The number of hydrogen-bond donors (Lipinski definition) is 3. The molecule has 1 fully saturated rings. The van der Waals surface area contributed by atoms with E-state index in [1.807, 2.05) is 44.2 Å². The number of carbonyl (C=O) groups is 4. The minimum atomic E-state index is -3.19. The summed E-state index contributed by atoms with van der Waals surface area (Å²) in [6.45, 7) is 6.28. The number of Topliss-reactive ketones (excluding diaryl/α,β-unsaturated/α-hetero) is 1. The monoisotopic (exact) mass is 555 g/mol. The van der Waals surface area contributed by atoms with E-state index < -0.39 is 60.5 Å². The van der Waals surface area contributed by atoms with Gasteiger partial charge in [0.1, 0.15) is 23.3 Å². The first-order valence-corrected chi connectivity index (χ1v) is 12.8. The zero-order valence-electron chi connectivity index (χ0n) is 23.2. The molecular formula is C27H39F2N3O7. The minimum Gasteiger partial charge on any atom is -0.444 e. The van der Waals surface area contributed by atoms with Gasteiger partial charge in [-0.05, 0) is 52.0 Å². The number of ether oxygens (including phenoxy) is 3. The molecule has 0 aliphatic carbocycles. The molecule has 3 N–H and O–H groups in total. The number of hydrogen-bond acceptors (Lipinski definition) is 7. The maximum atomic E-state index is 13.4. The van der Waals surface area contributed by atoms with Crippen molar-refractivity contribution in [3.63, 3.8) is 0 Å². The second kappa shape index (κ2) is 13.8. The highest BCUT2D eigenvalue weighted by Gasteiger charge is 2.50. The van der Waals surface area contributed by atoms with Crippen LogP contribution in [0.1, 0.15) is 53.5 Å². The Morgan fingerprint density at radius 3 is 2.05 bits per heavy atom. The number of halogens is 2. The molecule has 4 atom stereocenters. The highest BCUT2D eigenvalue weighted by atomic mass is 19.3. The van der Waals surface area contributed by atoms with Gasteiger partial charge in [0, 0.05) is 0 Å². The Morgan fingerprint density at radius 2 is 1.54 bits per heavy atom. The van der Waals surface area contributed by atoms with Crippen LogP contribution in [0.2, 0.25) is 0 Å². The van der Waals surface area contributed by atoms with Gasteiger partial charge in [0.15, 0.2) is 5.78 Å². The largest absolute Gasteiger partial charge is 0.444 e. The molecule has 0 radical (unpaired) electrons. The molecule has 0 aromatic heterocycles. The van der Waals surface area contributed by atoms with Gasteiger partial charge < -0.3 is 30.2 Å². The fraction of sp³-hybridized carbons (Fsp3) is 0.630. The predicted molar refractivity (Wildman–Crippen MR) is 138 cm³/mol. The van der Waals surface area contributed by atoms with E-state index in [4.69, 9.17) is 9.47 Å². The van der Waals surface area contributed by atoms with E-state index in [1.165, 1.54) is 0 Å². The molecule has 3 amide bonds. The number of benzene rings is 1. The molecule has 1 aromatic carbocycles. The topological polar surface area (TPSA) is 135 Å². The molecule has 1 aliphatic rings. The van der Waals surface area contributed by atoms with Gasteiger partial charge in [-0.2, -0.15) is 8.78 Å². The van der Waals surface area contributed by atoms with Gasteiger partial charge in [0.25, 0.3) is 0 Å². The maximum absolute atomic E-state index is 13.4. The Hall–Kier alpha value is -3.12. The fourth-order valence-electron chi connectivity index (χ4n) is 3.73. The number of epoxide rings is 1. The molecule has 1 saturated heterocycles. The summed E-state index contributed by atoms with van der Waals surface area (Å²) in [5.74, 6) is -1.93. The lowest BCUT2D eigenvalue weighted by Crippen LogP contribution is -2.58. The third-order valence-corrected chi connectivity index (χ3v) is 5.75. The first-order valence-electron chi connectivity index (χ1n) is 12.8. The summed E-state index contributed by atoms with van der Waals surface area (Å²) in [4.78, 5) is 51.8. The van der Waals surface area contributed by atoms with Crippen molar-refractivity contribution in [3.05, 3.63) is 35.9 Å². The van der Waals surface area contributed by atoms with Crippen LogP contribution in [0.25, 0.3) is 0 Å². The van der Waals surface area contributed by atoms with Crippen LogP contribution in [0.5, 0.6) is 0 Å². The normalized spacial score (nSPS) is 19.1. The van der Waals surface area contributed by atoms with Crippen LogP contribution in [0.15, 0.2) is 30.3 Å². The summed E-state index contributed by atoms with van der Waals surface area (Å²) in [6, 6.07) is 5.47. The summed E-state index contributed by atoms with van der Waals surface area (Å²) in [7, 11) is 0. The number of alkyl halides is 2. The maximum Gasteiger partial charge on any atom is 0.408 e. The van der Waals surface area contributed by atoms with Crippen LogP contribution in [-0.4, -0.2) is 72.8 Å². The first-order chi connectivity index (χ1) is 18.1. The Labute approximate surface area is 227 Å². The summed E-state index contributed by atoms with van der Waals surface area (Å²) < 4.78 is 40.1. The third kappa shape index (κ3) is 11.3. The summed E-state index contributed by atoms with van der Waals surface area (Å²) in [5.41, 5.74) is -1.09. The van der Waals surface area contributed by atoms with E-state index in [1.54, 1.807) is 27.7 Å². The molecular weight excluding hydrogens is 516 g/mol. The molecule has 10 nitrogen and oxygen atoms in total. The number of nitrogens with one attached hydrogen (secondary N) is 3. The van der Waals surface area contributed by atoms with Crippen molar-refractivity contribution in [1.29, 1.82) is 0 Å². The molecule has 2 rings (SSSR count). The zero-order chi connectivity index (χ0) is 29.4. The van der Waals surface area contributed by atoms with Crippen LogP contribution in [-0.2, 0) is 35.0 Å². The van der Waals surface area contributed by atoms with E-state index in [2.05, 4.69) is 20.7 Å². The van der Waals surface area contributed by atoms with Crippen molar-refractivity contribution in [2.45, 2.75) is 90.3 Å². The van der Waals surface area contributed by atoms with Crippen molar-refractivity contribution in [3.8, 4) is 0 Å². The van der Waals surface area contributed by atoms with Crippen molar-refractivity contribution in [1.82, 2.24) is 16.0 Å². The lowest BCUT2D eigenvalue weighted by molar-refractivity contribution is -0.145. The number of rotatable bonds is 14. The molecule has 1 aromatic rings. The Balaban J connectivity index is 2.20. The Morgan fingerprint density at radius 1 is 0.974 bits per heavy atom. The fourth-order valence-corrected chi connectivity index (χ4v) is 3.73. The quantitative estimate of drug-likeness (QED) is 0.301. The lowest BCUT2D eigenvalue weighted by atomic mass is 9.94. The molecule has 1 heterocycles. The predicted octanol–water partition coefficient (Wildman–Crippen LogP) is 2.74. The van der Waals surface area contributed by atoms with Crippen LogP contribution in [0, 0.1) is 5.92 Å². The highest BCUT2D eigenvalue weighted by molar-refractivity contribution is 5.98. The van der Waals surface area contributed by atoms with Crippen molar-refractivity contribution in [2.75, 3.05) is 13.2 Å². The Bertz CT molecular complexity index is 995. The molecule has 0 unspecified atom stereocenters. The van der Waals surface area contributed by atoms with Gasteiger partial charge >= 0.3 is 12.7 Å². The number of carbonyl (C=O) groups excluding carboxylic acids is 4. The van der Waals surface area contributed by atoms with Gasteiger partial charge in [-0.1, -0.05) is 44.2 Å². The minimum absolute atomic E-state index is 0.0665. The van der Waals surface area contributed by atoms with Crippen LogP contribution in [0.4, 0.5) is 13.6 Å². The summed E-state index contributed by atoms with van der Waals surface area (Å²) >= 11 is 0. The van der Waals surface area contributed by atoms with Gasteiger partial charge in [0.05, 0.1) is 19.3 Å². The smallest absolute Gasteiger partial charge is 0.408 e. The number of ketones is 1. The average Bonchev–Trinajstić information content (AvgIpc) is 3.57. The van der Waals surface area contributed by atoms with Crippen LogP contribution < -0.4 is 16.0 Å². The SMILES string of the molecule is CC(C)C[C@H](NC(=O)[C@H](COC(F)F)NC(=O)OC(C)(C)C)C(=O)N[C@@H](Cc1ccccc1)C(=O)[C@@]1(C)CO1. The van der Waals surface area contributed by atoms with E-state index in [9.17, 15) is 28.0 Å². The lowest BCUT2D eigenvalue weighted by Gasteiger charge is -2.27. The zero-order valence-corrected chi connectivity index (χ0v) is 23.2. The number of alkyl carbamates (subject to hydrolysis) is 1. The van der Waals surface area contributed by atoms with Crippen LogP contribution in [0.3, 0.4) is 0 Å². The molecule has 0 saturated carbocycles. The molecule has 39 heavy (non-hydrogen) atoms. The average molecular weight is 556 g/mol. The summed E-state index contributed by atoms with van der Waals surface area (Å²) in [5, 5.41) is 7.46. The molecule has 12 heteroatoms.